The Labute approximate surface area is 178 Å². The fourth-order valence-electron chi connectivity index (χ4n) is 3.37. The molecule has 3 aromatic rings. The number of rotatable bonds is 7. The van der Waals surface area contributed by atoms with E-state index in [1.807, 2.05) is 0 Å². The number of pyridine rings is 1. The standard InChI is InChI=1S/C21H25N3O3S2/c1-4-5-6-7-26-16(25)11-28-20-18-17(22-12-23-20)14-8-13-10-27-21(2,3)9-15(13)24-19(14)29-18/h8,12H,4-7,9-11H2,1-3H3. The van der Waals surface area contributed by atoms with Crippen LogP contribution in [0.3, 0.4) is 0 Å². The molecule has 4 heterocycles. The van der Waals surface area contributed by atoms with E-state index in [0.717, 1.165) is 62.4 Å². The van der Waals surface area contributed by atoms with Gasteiger partial charge in [-0.2, -0.15) is 0 Å². The van der Waals surface area contributed by atoms with E-state index in [1.54, 1.807) is 17.7 Å². The van der Waals surface area contributed by atoms with E-state index in [9.17, 15) is 4.79 Å². The Morgan fingerprint density at radius 3 is 3.03 bits per heavy atom. The Hall–Kier alpha value is -1.77. The second-order valence-corrected chi connectivity index (χ2v) is 9.81. The Kier molecular flexibility index (Phi) is 6.03. The number of ether oxygens (including phenoxy) is 2. The van der Waals surface area contributed by atoms with Crippen LogP contribution < -0.4 is 0 Å². The first-order valence-electron chi connectivity index (χ1n) is 9.95. The van der Waals surface area contributed by atoms with Crippen LogP contribution in [-0.2, 0) is 27.3 Å². The molecule has 154 valence electrons. The van der Waals surface area contributed by atoms with E-state index in [0.29, 0.717) is 13.2 Å². The summed E-state index contributed by atoms with van der Waals surface area (Å²) in [6.45, 7) is 7.37. The number of carbonyl (C=O) groups is 1. The lowest BCUT2D eigenvalue weighted by Crippen LogP contribution is -2.32. The third-order valence-corrected chi connectivity index (χ3v) is 7.12. The minimum Gasteiger partial charge on any atom is -0.465 e. The zero-order valence-corrected chi connectivity index (χ0v) is 18.6. The molecule has 0 fully saturated rings. The van der Waals surface area contributed by atoms with E-state index in [2.05, 4.69) is 36.8 Å². The number of thiophene rings is 1. The zero-order valence-electron chi connectivity index (χ0n) is 17.0. The second kappa shape index (κ2) is 8.53. The molecule has 0 aromatic carbocycles. The highest BCUT2D eigenvalue weighted by Crippen LogP contribution is 2.38. The van der Waals surface area contributed by atoms with Crippen molar-refractivity contribution in [3.8, 4) is 0 Å². The monoisotopic (exact) mass is 431 g/mol. The smallest absolute Gasteiger partial charge is 0.316 e. The molecule has 0 bridgehead atoms. The molecule has 0 N–H and O–H groups in total. The summed E-state index contributed by atoms with van der Waals surface area (Å²) in [4.78, 5) is 26.8. The number of esters is 1. The van der Waals surface area contributed by atoms with Gasteiger partial charge in [0.05, 0.1) is 40.5 Å². The molecule has 6 nitrogen and oxygen atoms in total. The summed E-state index contributed by atoms with van der Waals surface area (Å²) in [5.41, 5.74) is 2.92. The zero-order chi connectivity index (χ0) is 20.4. The largest absolute Gasteiger partial charge is 0.465 e. The van der Waals surface area contributed by atoms with Crippen molar-refractivity contribution in [3.63, 3.8) is 0 Å². The summed E-state index contributed by atoms with van der Waals surface area (Å²) in [5, 5.41) is 1.83. The number of nitrogens with zero attached hydrogens (tertiary/aromatic N) is 3. The molecule has 8 heteroatoms. The van der Waals surface area contributed by atoms with Crippen molar-refractivity contribution in [1.29, 1.82) is 0 Å². The molecule has 3 aromatic heterocycles. The van der Waals surface area contributed by atoms with Gasteiger partial charge in [0.1, 0.15) is 16.2 Å². The summed E-state index contributed by atoms with van der Waals surface area (Å²) in [6, 6.07) is 2.15. The normalized spacial score (nSPS) is 15.6. The molecule has 0 radical (unpaired) electrons. The molecule has 0 unspecified atom stereocenters. The van der Waals surface area contributed by atoms with Crippen LogP contribution in [0.1, 0.15) is 51.3 Å². The number of fused-ring (bicyclic) bond motifs is 4. The van der Waals surface area contributed by atoms with Crippen molar-refractivity contribution in [3.05, 3.63) is 23.7 Å². The van der Waals surface area contributed by atoms with Crippen LogP contribution in [-0.4, -0.2) is 38.9 Å². The van der Waals surface area contributed by atoms with Gasteiger partial charge in [-0.05, 0) is 26.3 Å². The maximum atomic E-state index is 12.0. The number of thioether (sulfide) groups is 1. The van der Waals surface area contributed by atoms with Gasteiger partial charge in [0.2, 0.25) is 0 Å². The molecular formula is C21H25N3O3S2. The Bertz CT molecular complexity index is 1050. The summed E-state index contributed by atoms with van der Waals surface area (Å²) in [5.74, 6) is 0.0466. The van der Waals surface area contributed by atoms with Gasteiger partial charge >= 0.3 is 5.97 Å². The van der Waals surface area contributed by atoms with E-state index >= 15 is 0 Å². The Balaban J connectivity index is 1.56. The van der Waals surface area contributed by atoms with E-state index < -0.39 is 0 Å². The van der Waals surface area contributed by atoms with Gasteiger partial charge in [0, 0.05) is 17.4 Å². The van der Waals surface area contributed by atoms with Crippen molar-refractivity contribution >= 4 is 49.5 Å². The van der Waals surface area contributed by atoms with Crippen LogP contribution in [0.2, 0.25) is 0 Å². The fraction of sp³-hybridized carbons (Fsp3) is 0.524. The lowest BCUT2D eigenvalue weighted by molar-refractivity contribution is -0.140. The summed E-state index contributed by atoms with van der Waals surface area (Å²) >= 11 is 2.99. The minimum atomic E-state index is -0.202. The van der Waals surface area contributed by atoms with E-state index in [-0.39, 0.29) is 17.3 Å². The summed E-state index contributed by atoms with van der Waals surface area (Å²) in [6.07, 6.45) is 5.45. The number of hydrogen-bond acceptors (Lipinski definition) is 8. The maximum Gasteiger partial charge on any atom is 0.316 e. The fourth-order valence-corrected chi connectivity index (χ4v) is 5.38. The van der Waals surface area contributed by atoms with Gasteiger partial charge in [-0.15, -0.1) is 11.3 Å². The Morgan fingerprint density at radius 2 is 2.21 bits per heavy atom. The summed E-state index contributed by atoms with van der Waals surface area (Å²) in [7, 11) is 0. The van der Waals surface area contributed by atoms with Crippen LogP contribution in [0.15, 0.2) is 17.4 Å². The number of carbonyl (C=O) groups excluding carboxylic acids is 1. The van der Waals surface area contributed by atoms with Crippen molar-refractivity contribution in [1.82, 2.24) is 15.0 Å². The van der Waals surface area contributed by atoms with Crippen molar-refractivity contribution in [2.45, 2.75) is 63.7 Å². The van der Waals surface area contributed by atoms with Crippen LogP contribution in [0.4, 0.5) is 0 Å². The van der Waals surface area contributed by atoms with Crippen LogP contribution >= 0.6 is 23.1 Å². The number of hydrogen-bond donors (Lipinski definition) is 0. The highest BCUT2D eigenvalue weighted by Gasteiger charge is 2.28. The first kappa shape index (κ1) is 20.5. The lowest BCUT2D eigenvalue weighted by atomic mass is 9.95. The van der Waals surface area contributed by atoms with Crippen molar-refractivity contribution in [2.24, 2.45) is 0 Å². The first-order chi connectivity index (χ1) is 14.0. The molecule has 0 spiro atoms. The van der Waals surface area contributed by atoms with Gasteiger partial charge in [0.15, 0.2) is 0 Å². The predicted octanol–water partition coefficient (Wildman–Crippen LogP) is 4.92. The molecule has 0 aliphatic carbocycles. The molecule has 0 atom stereocenters. The minimum absolute atomic E-state index is 0.192. The molecule has 0 amide bonds. The average molecular weight is 432 g/mol. The van der Waals surface area contributed by atoms with E-state index in [1.165, 1.54) is 11.8 Å². The third kappa shape index (κ3) is 4.54. The molecular weight excluding hydrogens is 406 g/mol. The van der Waals surface area contributed by atoms with Crippen molar-refractivity contribution < 1.29 is 14.3 Å². The third-order valence-electron chi connectivity index (χ3n) is 4.93. The van der Waals surface area contributed by atoms with Gasteiger partial charge < -0.3 is 9.47 Å². The first-order valence-corrected chi connectivity index (χ1v) is 11.8. The molecule has 4 rings (SSSR count). The van der Waals surface area contributed by atoms with Crippen LogP contribution in [0.5, 0.6) is 0 Å². The predicted molar refractivity (Wildman–Crippen MR) is 116 cm³/mol. The molecule has 0 saturated carbocycles. The second-order valence-electron chi connectivity index (χ2n) is 7.85. The molecule has 0 saturated heterocycles. The number of unbranched alkanes of at least 4 members (excludes halogenated alkanes) is 2. The summed E-state index contributed by atoms with van der Waals surface area (Å²) < 4.78 is 12.2. The quantitative estimate of drug-likeness (QED) is 0.228. The molecule has 1 aliphatic heterocycles. The number of aromatic nitrogens is 3. The SMILES string of the molecule is CCCCCOC(=O)CSc1ncnc2c1sc1nc3c(cc12)COC(C)(C)C3. The lowest BCUT2D eigenvalue weighted by Gasteiger charge is -2.30. The highest BCUT2D eigenvalue weighted by molar-refractivity contribution is 8.00. The highest BCUT2D eigenvalue weighted by atomic mass is 32.2. The van der Waals surface area contributed by atoms with Gasteiger partial charge in [-0.1, -0.05) is 31.5 Å². The van der Waals surface area contributed by atoms with Crippen LogP contribution in [0, 0.1) is 0 Å². The molecule has 29 heavy (non-hydrogen) atoms. The maximum absolute atomic E-state index is 12.0. The van der Waals surface area contributed by atoms with Gasteiger partial charge in [-0.25, -0.2) is 15.0 Å². The Morgan fingerprint density at radius 1 is 1.34 bits per heavy atom. The van der Waals surface area contributed by atoms with Crippen LogP contribution in [0.25, 0.3) is 20.4 Å². The average Bonchev–Trinajstić information content (AvgIpc) is 3.05. The van der Waals surface area contributed by atoms with Crippen molar-refractivity contribution in [2.75, 3.05) is 12.4 Å². The van der Waals surface area contributed by atoms with E-state index in [4.69, 9.17) is 14.5 Å². The molecule has 1 aliphatic rings. The van der Waals surface area contributed by atoms with Gasteiger partial charge in [0.25, 0.3) is 0 Å². The van der Waals surface area contributed by atoms with Gasteiger partial charge in [-0.3, -0.25) is 4.79 Å². The topological polar surface area (TPSA) is 74.2 Å².